The summed E-state index contributed by atoms with van der Waals surface area (Å²) in [5, 5.41) is 31.8. The molecule has 0 amide bonds. The molecular formula is C14H23NO3. The highest BCUT2D eigenvalue weighted by Crippen LogP contribution is 2.22. The summed E-state index contributed by atoms with van der Waals surface area (Å²) in [7, 11) is 0. The van der Waals surface area contributed by atoms with E-state index in [9.17, 15) is 10.2 Å². The zero-order valence-electron chi connectivity index (χ0n) is 11.1. The van der Waals surface area contributed by atoms with Gasteiger partial charge in [-0.25, -0.2) is 0 Å². The Morgan fingerprint density at radius 1 is 1.17 bits per heavy atom. The van der Waals surface area contributed by atoms with Crippen molar-refractivity contribution < 1.29 is 15.3 Å². The lowest BCUT2D eigenvalue weighted by atomic mass is 9.96. The van der Waals surface area contributed by atoms with Crippen LogP contribution in [0.1, 0.15) is 32.3 Å². The van der Waals surface area contributed by atoms with Gasteiger partial charge in [-0.15, -0.1) is 0 Å². The summed E-state index contributed by atoms with van der Waals surface area (Å²) in [5.74, 6) is 0.429. The van der Waals surface area contributed by atoms with Crippen LogP contribution in [0.25, 0.3) is 0 Å². The molecule has 1 atom stereocenters. The van der Waals surface area contributed by atoms with Crippen molar-refractivity contribution in [3.05, 3.63) is 23.8 Å². The van der Waals surface area contributed by atoms with Crippen LogP contribution in [0.2, 0.25) is 0 Å². The van der Waals surface area contributed by atoms with Gasteiger partial charge in [0, 0.05) is 24.7 Å². The first-order valence-electron chi connectivity index (χ1n) is 6.48. The van der Waals surface area contributed by atoms with Crippen molar-refractivity contribution in [3.63, 3.8) is 0 Å². The first-order chi connectivity index (χ1) is 8.58. The van der Waals surface area contributed by atoms with Crippen molar-refractivity contribution in [2.45, 2.75) is 39.3 Å². The highest BCUT2D eigenvalue weighted by Gasteiger charge is 2.14. The van der Waals surface area contributed by atoms with Gasteiger partial charge in [0.1, 0.15) is 11.5 Å². The van der Waals surface area contributed by atoms with Crippen LogP contribution in [0.4, 0.5) is 0 Å². The molecule has 0 heterocycles. The third-order valence-corrected chi connectivity index (χ3v) is 3.33. The Hall–Kier alpha value is -1.26. The van der Waals surface area contributed by atoms with E-state index in [1.807, 2.05) is 0 Å². The molecule has 0 fully saturated rings. The van der Waals surface area contributed by atoms with Crippen molar-refractivity contribution in [3.8, 4) is 11.5 Å². The van der Waals surface area contributed by atoms with Gasteiger partial charge in [-0.3, -0.25) is 0 Å². The maximum Gasteiger partial charge on any atom is 0.123 e. The topological polar surface area (TPSA) is 72.7 Å². The minimum atomic E-state index is -0.362. The number of rotatable bonds is 7. The molecule has 102 valence electrons. The molecule has 4 N–H and O–H groups in total. The van der Waals surface area contributed by atoms with Crippen molar-refractivity contribution in [2.75, 3.05) is 6.54 Å². The smallest absolute Gasteiger partial charge is 0.123 e. The summed E-state index contributed by atoms with van der Waals surface area (Å²) in [5.41, 5.74) is 0.713. The molecule has 1 aromatic rings. The summed E-state index contributed by atoms with van der Waals surface area (Å²) in [6.07, 6.45) is 1.56. The lowest BCUT2D eigenvalue weighted by molar-refractivity contribution is 0.101. The van der Waals surface area contributed by atoms with E-state index in [0.29, 0.717) is 24.6 Å². The molecule has 18 heavy (non-hydrogen) atoms. The van der Waals surface area contributed by atoms with Gasteiger partial charge in [-0.05, 0) is 12.0 Å². The predicted octanol–water partition coefficient (Wildman–Crippen LogP) is 1.98. The standard InChI is InChI=1S/C14H23NO3/c1-3-10(4-2)14(18)9-15-8-11-5-6-12(16)7-13(11)17/h5-7,10,14-18H,3-4,8-9H2,1-2H3. The molecule has 0 aromatic heterocycles. The maximum atomic E-state index is 9.94. The zero-order valence-corrected chi connectivity index (χ0v) is 11.1. The van der Waals surface area contributed by atoms with Crippen LogP contribution in [-0.4, -0.2) is 28.0 Å². The maximum absolute atomic E-state index is 9.94. The van der Waals surface area contributed by atoms with E-state index in [-0.39, 0.29) is 17.6 Å². The number of aliphatic hydroxyl groups excluding tert-OH is 1. The number of aromatic hydroxyl groups is 2. The van der Waals surface area contributed by atoms with Crippen molar-refractivity contribution in [2.24, 2.45) is 5.92 Å². The minimum absolute atomic E-state index is 0.0494. The molecule has 1 unspecified atom stereocenters. The van der Waals surface area contributed by atoms with E-state index >= 15 is 0 Å². The summed E-state index contributed by atoms with van der Waals surface area (Å²) >= 11 is 0. The Labute approximate surface area is 108 Å². The van der Waals surface area contributed by atoms with Gasteiger partial charge in [-0.2, -0.15) is 0 Å². The van der Waals surface area contributed by atoms with Crippen LogP contribution in [0.5, 0.6) is 11.5 Å². The van der Waals surface area contributed by atoms with E-state index < -0.39 is 0 Å². The minimum Gasteiger partial charge on any atom is -0.508 e. The van der Waals surface area contributed by atoms with Crippen LogP contribution in [0.3, 0.4) is 0 Å². The highest BCUT2D eigenvalue weighted by atomic mass is 16.3. The van der Waals surface area contributed by atoms with Crippen molar-refractivity contribution >= 4 is 0 Å². The SMILES string of the molecule is CCC(CC)C(O)CNCc1ccc(O)cc1O. The van der Waals surface area contributed by atoms with Gasteiger partial charge in [0.2, 0.25) is 0 Å². The first kappa shape index (κ1) is 14.8. The van der Waals surface area contributed by atoms with Crippen LogP contribution < -0.4 is 5.32 Å². The van der Waals surface area contributed by atoms with Crippen LogP contribution >= 0.6 is 0 Å². The average molecular weight is 253 g/mol. The fourth-order valence-electron chi connectivity index (χ4n) is 2.06. The number of benzene rings is 1. The number of phenolic OH excluding ortho intramolecular Hbond substituents is 2. The number of aliphatic hydroxyl groups is 1. The monoisotopic (exact) mass is 253 g/mol. The van der Waals surface area contributed by atoms with Gasteiger partial charge in [0.25, 0.3) is 0 Å². The van der Waals surface area contributed by atoms with Gasteiger partial charge in [0.05, 0.1) is 6.10 Å². The second kappa shape index (κ2) is 7.24. The Morgan fingerprint density at radius 2 is 1.83 bits per heavy atom. The molecule has 1 aromatic carbocycles. The van der Waals surface area contributed by atoms with E-state index in [0.717, 1.165) is 12.8 Å². The molecule has 0 saturated heterocycles. The fourth-order valence-corrected chi connectivity index (χ4v) is 2.06. The normalized spacial score (nSPS) is 12.9. The summed E-state index contributed by atoms with van der Waals surface area (Å²) in [4.78, 5) is 0. The Morgan fingerprint density at radius 3 is 2.39 bits per heavy atom. The molecule has 0 aliphatic rings. The van der Waals surface area contributed by atoms with Gasteiger partial charge < -0.3 is 20.6 Å². The van der Waals surface area contributed by atoms with E-state index in [4.69, 9.17) is 5.11 Å². The van der Waals surface area contributed by atoms with Crippen LogP contribution in [-0.2, 0) is 6.54 Å². The number of hydrogen-bond donors (Lipinski definition) is 4. The number of hydrogen-bond acceptors (Lipinski definition) is 4. The van der Waals surface area contributed by atoms with Gasteiger partial charge >= 0.3 is 0 Å². The van der Waals surface area contributed by atoms with E-state index in [1.54, 1.807) is 6.07 Å². The lowest BCUT2D eigenvalue weighted by Crippen LogP contribution is -2.32. The fraction of sp³-hybridized carbons (Fsp3) is 0.571. The summed E-state index contributed by atoms with van der Waals surface area (Å²) in [6, 6.07) is 4.52. The second-order valence-corrected chi connectivity index (χ2v) is 4.59. The molecule has 1 rings (SSSR count). The van der Waals surface area contributed by atoms with Crippen molar-refractivity contribution in [1.29, 1.82) is 0 Å². The number of nitrogens with one attached hydrogen (secondary N) is 1. The molecule has 0 saturated carbocycles. The highest BCUT2D eigenvalue weighted by molar-refractivity contribution is 5.38. The molecule has 0 radical (unpaired) electrons. The quantitative estimate of drug-likeness (QED) is 0.599. The van der Waals surface area contributed by atoms with Crippen LogP contribution in [0, 0.1) is 5.92 Å². The van der Waals surface area contributed by atoms with Gasteiger partial charge in [-0.1, -0.05) is 32.8 Å². The van der Waals surface area contributed by atoms with E-state index in [2.05, 4.69) is 19.2 Å². The molecule has 0 bridgehead atoms. The summed E-state index contributed by atoms with van der Waals surface area (Å²) in [6.45, 7) is 5.13. The number of phenols is 2. The third-order valence-electron chi connectivity index (χ3n) is 3.33. The van der Waals surface area contributed by atoms with Crippen molar-refractivity contribution in [1.82, 2.24) is 5.32 Å². The molecule has 4 heteroatoms. The molecule has 4 nitrogen and oxygen atoms in total. The van der Waals surface area contributed by atoms with Gasteiger partial charge in [0.15, 0.2) is 0 Å². The predicted molar refractivity (Wildman–Crippen MR) is 71.6 cm³/mol. The molecule has 0 aliphatic heterocycles. The van der Waals surface area contributed by atoms with E-state index in [1.165, 1.54) is 12.1 Å². The second-order valence-electron chi connectivity index (χ2n) is 4.59. The average Bonchev–Trinajstić information content (AvgIpc) is 2.33. The lowest BCUT2D eigenvalue weighted by Gasteiger charge is -2.20. The molecular weight excluding hydrogens is 230 g/mol. The molecule has 0 spiro atoms. The largest absolute Gasteiger partial charge is 0.508 e. The molecule has 0 aliphatic carbocycles. The summed E-state index contributed by atoms with van der Waals surface area (Å²) < 4.78 is 0. The zero-order chi connectivity index (χ0) is 13.5. The van der Waals surface area contributed by atoms with Crippen LogP contribution in [0.15, 0.2) is 18.2 Å². The third kappa shape index (κ3) is 4.20. The Balaban J connectivity index is 2.41. The first-order valence-corrected chi connectivity index (χ1v) is 6.48. The Kier molecular flexibility index (Phi) is 5.95. The Bertz CT molecular complexity index is 364.